The Morgan fingerprint density at radius 3 is 2.91 bits per heavy atom. The molecule has 0 bridgehead atoms. The van der Waals surface area contributed by atoms with Crippen molar-refractivity contribution in [3.8, 4) is 0 Å². The van der Waals surface area contributed by atoms with Crippen LogP contribution in [0, 0.1) is 13.8 Å². The van der Waals surface area contributed by atoms with E-state index in [2.05, 4.69) is 33.3 Å². The van der Waals surface area contributed by atoms with Crippen LogP contribution in [0.3, 0.4) is 0 Å². The zero-order chi connectivity index (χ0) is 15.3. The molecule has 5 heteroatoms. The maximum absolute atomic E-state index is 12.6. The average molecular weight is 298 g/mol. The van der Waals surface area contributed by atoms with E-state index in [-0.39, 0.29) is 11.9 Å². The van der Waals surface area contributed by atoms with E-state index < -0.39 is 0 Å². The van der Waals surface area contributed by atoms with Gasteiger partial charge in [-0.3, -0.25) is 4.79 Å². The maximum Gasteiger partial charge on any atom is 0.253 e. The molecule has 1 fully saturated rings. The fraction of sp³-hybridized carbons (Fsp3) is 0.529. The van der Waals surface area contributed by atoms with Gasteiger partial charge < -0.3 is 14.5 Å². The van der Waals surface area contributed by atoms with Crippen LogP contribution in [0.15, 0.2) is 18.5 Å². The van der Waals surface area contributed by atoms with Crippen molar-refractivity contribution in [3.05, 3.63) is 41.2 Å². The first-order valence-electron chi connectivity index (χ1n) is 8.13. The van der Waals surface area contributed by atoms with Gasteiger partial charge in [0.1, 0.15) is 5.82 Å². The monoisotopic (exact) mass is 298 g/mol. The number of carbonyl (C=O) groups is 1. The van der Waals surface area contributed by atoms with Gasteiger partial charge in [0.2, 0.25) is 0 Å². The summed E-state index contributed by atoms with van der Waals surface area (Å²) in [6.45, 7) is 4.98. The Labute approximate surface area is 130 Å². The van der Waals surface area contributed by atoms with Crippen LogP contribution in [0.25, 0.3) is 0 Å². The smallest absolute Gasteiger partial charge is 0.253 e. The zero-order valence-electron chi connectivity index (χ0n) is 13.2. The van der Waals surface area contributed by atoms with Crippen LogP contribution in [0.5, 0.6) is 0 Å². The highest BCUT2D eigenvalue weighted by atomic mass is 16.1. The van der Waals surface area contributed by atoms with Crippen LogP contribution in [0.2, 0.25) is 0 Å². The summed E-state index contributed by atoms with van der Waals surface area (Å²) in [5, 5.41) is 3.21. The molecule has 1 amide bonds. The van der Waals surface area contributed by atoms with Crippen molar-refractivity contribution in [3.63, 3.8) is 0 Å². The van der Waals surface area contributed by atoms with Crippen molar-refractivity contribution in [2.75, 3.05) is 0 Å². The van der Waals surface area contributed by atoms with E-state index in [9.17, 15) is 4.79 Å². The Hall–Kier alpha value is -2.04. The Kier molecular flexibility index (Phi) is 3.10. The van der Waals surface area contributed by atoms with E-state index in [4.69, 9.17) is 0 Å². The molecule has 0 aromatic carbocycles. The molecule has 4 rings (SSSR count). The second-order valence-electron chi connectivity index (χ2n) is 6.59. The van der Waals surface area contributed by atoms with Crippen LogP contribution in [-0.2, 0) is 13.0 Å². The molecule has 22 heavy (non-hydrogen) atoms. The second kappa shape index (κ2) is 5.00. The third kappa shape index (κ3) is 2.25. The molecule has 0 radical (unpaired) electrons. The van der Waals surface area contributed by atoms with Crippen LogP contribution >= 0.6 is 0 Å². The summed E-state index contributed by atoms with van der Waals surface area (Å²) in [6, 6.07) is 2.84. The Bertz CT molecular complexity index is 723. The first-order chi connectivity index (χ1) is 10.6. The fourth-order valence-corrected chi connectivity index (χ4v) is 3.65. The number of carbonyl (C=O) groups excluding carboxylic acids is 1. The molecule has 2 aliphatic rings. The first kappa shape index (κ1) is 13.6. The summed E-state index contributed by atoms with van der Waals surface area (Å²) in [5.74, 6) is 1.19. The highest BCUT2D eigenvalue weighted by Crippen LogP contribution is 2.38. The lowest BCUT2D eigenvalue weighted by molar-refractivity contribution is 0.0927. The van der Waals surface area contributed by atoms with E-state index in [0.29, 0.717) is 6.04 Å². The fourth-order valence-electron chi connectivity index (χ4n) is 3.65. The molecule has 2 aromatic heterocycles. The average Bonchev–Trinajstić information content (AvgIpc) is 3.12. The quantitative estimate of drug-likeness (QED) is 0.946. The number of hydrogen-bond donors (Lipinski definition) is 1. The molecule has 0 saturated heterocycles. The van der Waals surface area contributed by atoms with E-state index in [1.165, 1.54) is 18.5 Å². The topological polar surface area (TPSA) is 51.9 Å². The van der Waals surface area contributed by atoms with Crippen molar-refractivity contribution in [2.24, 2.45) is 0 Å². The Morgan fingerprint density at radius 2 is 2.14 bits per heavy atom. The summed E-state index contributed by atoms with van der Waals surface area (Å²) in [7, 11) is 0. The second-order valence-corrected chi connectivity index (χ2v) is 6.59. The summed E-state index contributed by atoms with van der Waals surface area (Å²) in [5.41, 5.74) is 3.14. The lowest BCUT2D eigenvalue weighted by atomic mass is 10.1. The van der Waals surface area contributed by atoms with Gasteiger partial charge in [0.05, 0.1) is 5.56 Å². The van der Waals surface area contributed by atoms with Crippen molar-refractivity contribution >= 4 is 5.91 Å². The summed E-state index contributed by atoms with van der Waals surface area (Å²) in [6.07, 6.45) is 8.20. The van der Waals surface area contributed by atoms with Gasteiger partial charge in [0.15, 0.2) is 0 Å². The minimum Gasteiger partial charge on any atom is -0.347 e. The molecular weight excluding hydrogens is 276 g/mol. The van der Waals surface area contributed by atoms with Gasteiger partial charge in [-0.2, -0.15) is 0 Å². The SMILES string of the molecule is Cc1cc(C(=O)N[C@@H]2CCc3nccn3C2)c(C)n1C1CC1. The number of aryl methyl sites for hydroxylation is 2. The van der Waals surface area contributed by atoms with Gasteiger partial charge >= 0.3 is 0 Å². The molecular formula is C17H22N4O. The van der Waals surface area contributed by atoms with Gasteiger partial charge in [-0.15, -0.1) is 0 Å². The van der Waals surface area contributed by atoms with E-state index in [1.54, 1.807) is 0 Å². The molecule has 1 N–H and O–H groups in total. The van der Waals surface area contributed by atoms with Gasteiger partial charge in [-0.05, 0) is 39.2 Å². The van der Waals surface area contributed by atoms with Gasteiger partial charge in [-0.1, -0.05) is 0 Å². The molecule has 2 aromatic rings. The lowest BCUT2D eigenvalue weighted by Gasteiger charge is -2.24. The van der Waals surface area contributed by atoms with Crippen LogP contribution in [0.1, 0.15) is 52.9 Å². The van der Waals surface area contributed by atoms with E-state index in [0.717, 1.165) is 36.5 Å². The standard InChI is InChI=1S/C17H22N4O/c1-11-9-15(12(2)21(11)14-4-5-14)17(22)19-13-3-6-16-18-7-8-20(16)10-13/h7-9,13-14H,3-6,10H2,1-2H3,(H,19,22)/t13-/m1/s1. The number of nitrogens with one attached hydrogen (secondary N) is 1. The molecule has 116 valence electrons. The molecule has 5 nitrogen and oxygen atoms in total. The summed E-state index contributed by atoms with van der Waals surface area (Å²) < 4.78 is 4.46. The summed E-state index contributed by atoms with van der Waals surface area (Å²) in [4.78, 5) is 17.0. The predicted molar refractivity (Wildman–Crippen MR) is 84.0 cm³/mol. The minimum atomic E-state index is 0.0635. The molecule has 1 saturated carbocycles. The maximum atomic E-state index is 12.6. The largest absolute Gasteiger partial charge is 0.347 e. The molecule has 1 aliphatic heterocycles. The van der Waals surface area contributed by atoms with Crippen LogP contribution in [0.4, 0.5) is 0 Å². The van der Waals surface area contributed by atoms with E-state index in [1.807, 2.05) is 18.5 Å². The third-order valence-electron chi connectivity index (χ3n) is 4.91. The molecule has 3 heterocycles. The third-order valence-corrected chi connectivity index (χ3v) is 4.91. The van der Waals surface area contributed by atoms with Crippen LogP contribution < -0.4 is 5.32 Å². The number of rotatable bonds is 3. The predicted octanol–water partition coefficient (Wildman–Crippen LogP) is 2.38. The van der Waals surface area contributed by atoms with Crippen molar-refractivity contribution in [1.29, 1.82) is 0 Å². The Balaban J connectivity index is 1.50. The number of fused-ring (bicyclic) bond motifs is 1. The first-order valence-corrected chi connectivity index (χ1v) is 8.13. The molecule has 0 unspecified atom stereocenters. The van der Waals surface area contributed by atoms with Crippen molar-refractivity contribution < 1.29 is 4.79 Å². The lowest BCUT2D eigenvalue weighted by Crippen LogP contribution is -2.41. The normalized spacial score (nSPS) is 20.7. The number of hydrogen-bond acceptors (Lipinski definition) is 2. The van der Waals surface area contributed by atoms with E-state index >= 15 is 0 Å². The molecule has 1 atom stereocenters. The number of imidazole rings is 1. The number of nitrogens with zero attached hydrogens (tertiary/aromatic N) is 3. The highest BCUT2D eigenvalue weighted by Gasteiger charge is 2.29. The van der Waals surface area contributed by atoms with Crippen LogP contribution in [-0.4, -0.2) is 26.1 Å². The van der Waals surface area contributed by atoms with Gasteiger partial charge in [0.25, 0.3) is 5.91 Å². The highest BCUT2D eigenvalue weighted by molar-refractivity contribution is 5.96. The summed E-state index contributed by atoms with van der Waals surface area (Å²) >= 11 is 0. The Morgan fingerprint density at radius 1 is 1.32 bits per heavy atom. The van der Waals surface area contributed by atoms with Crippen molar-refractivity contribution in [1.82, 2.24) is 19.4 Å². The van der Waals surface area contributed by atoms with Crippen molar-refractivity contribution in [2.45, 2.75) is 58.2 Å². The number of aromatic nitrogens is 3. The number of amides is 1. The molecule has 0 spiro atoms. The minimum absolute atomic E-state index is 0.0635. The molecule has 1 aliphatic carbocycles. The zero-order valence-corrected chi connectivity index (χ0v) is 13.2. The van der Waals surface area contributed by atoms with Gasteiger partial charge in [-0.25, -0.2) is 4.98 Å². The van der Waals surface area contributed by atoms with Gasteiger partial charge in [0, 0.05) is 48.8 Å².